The molecule has 116 valence electrons. The summed E-state index contributed by atoms with van der Waals surface area (Å²) in [5.74, 6) is 1.68. The van der Waals surface area contributed by atoms with Crippen LogP contribution >= 0.6 is 11.8 Å². The van der Waals surface area contributed by atoms with E-state index in [2.05, 4.69) is 51.7 Å². The summed E-state index contributed by atoms with van der Waals surface area (Å²) in [7, 11) is 0. The summed E-state index contributed by atoms with van der Waals surface area (Å²) in [5, 5.41) is 20.2. The lowest BCUT2D eigenvalue weighted by Gasteiger charge is -2.08. The number of nitrogens with zero attached hydrogens (tertiary/aromatic N) is 7. The molecule has 0 aliphatic heterocycles. The van der Waals surface area contributed by atoms with Crippen LogP contribution in [0.25, 0.3) is 0 Å². The van der Waals surface area contributed by atoms with Crippen LogP contribution in [-0.4, -0.2) is 47.6 Å². The lowest BCUT2D eigenvalue weighted by atomic mass is 10.4. The highest BCUT2D eigenvalue weighted by Crippen LogP contribution is 2.18. The van der Waals surface area contributed by atoms with Gasteiger partial charge in [0.1, 0.15) is 12.2 Å². The maximum atomic E-state index is 4.29. The molecular formula is C12H22N8S. The molecule has 0 spiro atoms. The number of rotatable bonds is 9. The molecule has 21 heavy (non-hydrogen) atoms. The van der Waals surface area contributed by atoms with Crippen molar-refractivity contribution in [3.63, 3.8) is 0 Å². The van der Waals surface area contributed by atoms with Crippen LogP contribution in [0, 0.1) is 0 Å². The molecule has 9 heteroatoms. The predicted molar refractivity (Wildman–Crippen MR) is 80.8 cm³/mol. The van der Waals surface area contributed by atoms with Crippen LogP contribution in [0.4, 0.5) is 0 Å². The molecule has 0 unspecified atom stereocenters. The minimum Gasteiger partial charge on any atom is -0.313 e. The minimum absolute atomic E-state index is 0.463. The zero-order chi connectivity index (χ0) is 15.1. The Hall–Kier alpha value is -1.48. The van der Waals surface area contributed by atoms with E-state index in [1.807, 2.05) is 9.36 Å². The second-order valence-electron chi connectivity index (χ2n) is 4.98. The molecule has 0 saturated carbocycles. The molecule has 0 amide bonds. The number of hydrogen-bond acceptors (Lipinski definition) is 7. The van der Waals surface area contributed by atoms with Crippen LogP contribution in [0.5, 0.6) is 0 Å². The van der Waals surface area contributed by atoms with Crippen molar-refractivity contribution in [3.8, 4) is 0 Å². The van der Waals surface area contributed by atoms with Crippen molar-refractivity contribution in [1.82, 2.24) is 40.3 Å². The third-order valence-electron chi connectivity index (χ3n) is 2.84. The highest BCUT2D eigenvalue weighted by molar-refractivity contribution is 7.98. The van der Waals surface area contributed by atoms with Gasteiger partial charge in [0, 0.05) is 19.1 Å². The fourth-order valence-corrected chi connectivity index (χ4v) is 2.68. The Bertz CT molecular complexity index is 535. The fraction of sp³-hybridized carbons (Fsp3) is 0.750. The van der Waals surface area contributed by atoms with Gasteiger partial charge < -0.3 is 5.32 Å². The molecule has 2 aromatic rings. The van der Waals surface area contributed by atoms with Gasteiger partial charge in [0.25, 0.3) is 0 Å². The van der Waals surface area contributed by atoms with Gasteiger partial charge in [0.05, 0.1) is 12.3 Å². The van der Waals surface area contributed by atoms with Crippen molar-refractivity contribution >= 4 is 11.8 Å². The molecule has 0 aliphatic rings. The Kier molecular flexibility index (Phi) is 6.12. The minimum atomic E-state index is 0.463. The third-order valence-corrected chi connectivity index (χ3v) is 3.79. The Morgan fingerprint density at radius 2 is 2.14 bits per heavy atom. The maximum Gasteiger partial charge on any atom is 0.209 e. The van der Waals surface area contributed by atoms with Gasteiger partial charge in [0.2, 0.25) is 5.16 Å². The van der Waals surface area contributed by atoms with E-state index in [0.29, 0.717) is 6.04 Å². The Labute approximate surface area is 128 Å². The average Bonchev–Trinajstić information content (AvgIpc) is 3.06. The molecule has 0 aromatic carbocycles. The second kappa shape index (κ2) is 8.08. The van der Waals surface area contributed by atoms with Crippen molar-refractivity contribution in [2.75, 3.05) is 6.54 Å². The number of aryl methyl sites for hydroxylation is 1. The summed E-state index contributed by atoms with van der Waals surface area (Å²) >= 11 is 1.59. The first-order valence-corrected chi connectivity index (χ1v) is 8.18. The van der Waals surface area contributed by atoms with Crippen LogP contribution in [0.3, 0.4) is 0 Å². The van der Waals surface area contributed by atoms with E-state index < -0.39 is 0 Å². The molecular weight excluding hydrogens is 288 g/mol. The molecule has 0 saturated heterocycles. The summed E-state index contributed by atoms with van der Waals surface area (Å²) < 4.78 is 3.75. The van der Waals surface area contributed by atoms with Gasteiger partial charge in [-0.25, -0.2) is 14.3 Å². The zero-order valence-electron chi connectivity index (χ0n) is 12.7. The highest BCUT2D eigenvalue weighted by Gasteiger charge is 2.10. The smallest absolute Gasteiger partial charge is 0.209 e. The predicted octanol–water partition coefficient (Wildman–Crippen LogP) is 0.965. The summed E-state index contributed by atoms with van der Waals surface area (Å²) in [6.07, 6.45) is 2.64. The van der Waals surface area contributed by atoms with Gasteiger partial charge in [-0.3, -0.25) is 0 Å². The van der Waals surface area contributed by atoms with Gasteiger partial charge in [0.15, 0.2) is 0 Å². The second-order valence-corrected chi connectivity index (χ2v) is 5.92. The van der Waals surface area contributed by atoms with Crippen molar-refractivity contribution in [2.24, 2.45) is 0 Å². The van der Waals surface area contributed by atoms with Gasteiger partial charge in [-0.2, -0.15) is 5.10 Å². The van der Waals surface area contributed by atoms with Gasteiger partial charge in [-0.15, -0.1) is 5.10 Å². The summed E-state index contributed by atoms with van der Waals surface area (Å²) in [5.41, 5.74) is 0. The van der Waals surface area contributed by atoms with Crippen LogP contribution < -0.4 is 5.32 Å². The third kappa shape index (κ3) is 4.78. The highest BCUT2D eigenvalue weighted by atomic mass is 32.2. The normalized spacial score (nSPS) is 11.4. The Morgan fingerprint density at radius 1 is 1.29 bits per heavy atom. The molecule has 2 rings (SSSR count). The van der Waals surface area contributed by atoms with E-state index >= 15 is 0 Å². The van der Waals surface area contributed by atoms with Gasteiger partial charge in [-0.05, 0) is 16.8 Å². The number of nitrogens with one attached hydrogen (secondary N) is 1. The van der Waals surface area contributed by atoms with Gasteiger partial charge in [-0.1, -0.05) is 32.5 Å². The van der Waals surface area contributed by atoms with Crippen molar-refractivity contribution in [2.45, 2.75) is 57.2 Å². The molecule has 2 aromatic heterocycles. The van der Waals surface area contributed by atoms with E-state index in [0.717, 1.165) is 42.8 Å². The zero-order valence-corrected chi connectivity index (χ0v) is 13.5. The summed E-state index contributed by atoms with van der Waals surface area (Å²) in [6.45, 7) is 8.86. The lowest BCUT2D eigenvalue weighted by molar-refractivity contribution is 0.485. The number of aromatic nitrogens is 7. The van der Waals surface area contributed by atoms with Crippen LogP contribution in [0.1, 0.15) is 33.0 Å². The largest absolute Gasteiger partial charge is 0.313 e. The summed E-state index contributed by atoms with van der Waals surface area (Å²) in [6, 6.07) is 0.463. The lowest BCUT2D eigenvalue weighted by Crippen LogP contribution is -2.27. The van der Waals surface area contributed by atoms with Crippen molar-refractivity contribution in [1.29, 1.82) is 0 Å². The maximum absolute atomic E-state index is 4.29. The van der Waals surface area contributed by atoms with Crippen molar-refractivity contribution < 1.29 is 0 Å². The van der Waals surface area contributed by atoms with Crippen LogP contribution in [0.2, 0.25) is 0 Å². The molecule has 0 aliphatic carbocycles. The molecule has 1 N–H and O–H groups in total. The Morgan fingerprint density at radius 3 is 2.90 bits per heavy atom. The summed E-state index contributed by atoms with van der Waals surface area (Å²) in [4.78, 5) is 4.29. The monoisotopic (exact) mass is 310 g/mol. The molecule has 2 heterocycles. The van der Waals surface area contributed by atoms with E-state index in [4.69, 9.17) is 0 Å². The average molecular weight is 310 g/mol. The fourth-order valence-electron chi connectivity index (χ4n) is 1.83. The first-order valence-electron chi connectivity index (χ1n) is 7.19. The first kappa shape index (κ1) is 15.9. The van der Waals surface area contributed by atoms with E-state index in [1.54, 1.807) is 18.1 Å². The van der Waals surface area contributed by atoms with Crippen molar-refractivity contribution in [3.05, 3.63) is 12.2 Å². The standard InChI is InChI=1S/C12H22N8S/c1-4-6-19-11(14-9-15-19)8-21-12-16-17-18-20(12)7-5-13-10(2)3/h9-10,13H,4-8H2,1-3H3. The van der Waals surface area contributed by atoms with Gasteiger partial charge >= 0.3 is 0 Å². The SMILES string of the molecule is CCCn1ncnc1CSc1nnnn1CCNC(C)C. The van der Waals surface area contributed by atoms with E-state index in [9.17, 15) is 0 Å². The number of thioether (sulfide) groups is 1. The van der Waals surface area contributed by atoms with Crippen LogP contribution in [0.15, 0.2) is 11.5 Å². The Balaban J connectivity index is 1.88. The topological polar surface area (TPSA) is 86.3 Å². The molecule has 0 radical (unpaired) electrons. The first-order chi connectivity index (χ1) is 10.2. The number of hydrogen-bond donors (Lipinski definition) is 1. The molecule has 0 fully saturated rings. The van der Waals surface area contributed by atoms with E-state index in [-0.39, 0.29) is 0 Å². The molecule has 8 nitrogen and oxygen atoms in total. The number of tetrazole rings is 1. The molecule has 0 atom stereocenters. The van der Waals surface area contributed by atoms with Crippen LogP contribution in [-0.2, 0) is 18.8 Å². The quantitative estimate of drug-likeness (QED) is 0.690. The van der Waals surface area contributed by atoms with E-state index in [1.165, 1.54) is 0 Å². The molecule has 0 bridgehead atoms.